The van der Waals surface area contributed by atoms with Gasteiger partial charge in [0.1, 0.15) is 5.76 Å². The molecule has 6 heteroatoms. The minimum Gasteiger partial charge on any atom is -0.454 e. The first-order chi connectivity index (χ1) is 12.6. The van der Waals surface area contributed by atoms with Crippen molar-refractivity contribution in [2.75, 3.05) is 20.3 Å². The number of rotatable bonds is 5. The molecule has 4 atom stereocenters. The van der Waals surface area contributed by atoms with Crippen molar-refractivity contribution in [3.63, 3.8) is 0 Å². The van der Waals surface area contributed by atoms with E-state index in [1.807, 2.05) is 37.3 Å². The standard InChI is InChI=1S/C20H22N2O4/c1-11(12-6-4-3-5-7-12)18-13(8-16(26-18)20(24)21-2)19(23)22-17-14-9-25-10-15(14)17/h3-8,11,14-15,17H,9-10H2,1-2H3,(H,21,24)(H,22,23)/t11-,14-,15+,17+/m0/s1. The fourth-order valence-electron chi connectivity index (χ4n) is 3.72. The monoisotopic (exact) mass is 354 g/mol. The van der Waals surface area contributed by atoms with Crippen LogP contribution in [0.15, 0.2) is 40.8 Å². The van der Waals surface area contributed by atoms with E-state index in [0.717, 1.165) is 5.56 Å². The Bertz CT molecular complexity index is 820. The molecular formula is C20H22N2O4. The van der Waals surface area contributed by atoms with Gasteiger partial charge in [-0.25, -0.2) is 0 Å². The second-order valence-electron chi connectivity index (χ2n) is 6.96. The average Bonchev–Trinajstić information content (AvgIpc) is 3.07. The lowest BCUT2D eigenvalue weighted by Gasteiger charge is -2.12. The summed E-state index contributed by atoms with van der Waals surface area (Å²) in [6.07, 6.45) is 0. The minimum absolute atomic E-state index is 0.141. The fourth-order valence-corrected chi connectivity index (χ4v) is 3.72. The Labute approximate surface area is 151 Å². The van der Waals surface area contributed by atoms with Gasteiger partial charge in [0.2, 0.25) is 0 Å². The van der Waals surface area contributed by atoms with E-state index >= 15 is 0 Å². The summed E-state index contributed by atoms with van der Waals surface area (Å²) in [7, 11) is 1.54. The Balaban J connectivity index is 1.62. The van der Waals surface area contributed by atoms with E-state index in [-0.39, 0.29) is 29.5 Å². The normalized spacial score (nSPS) is 24.6. The second kappa shape index (κ2) is 6.61. The van der Waals surface area contributed by atoms with Crippen LogP contribution in [0, 0.1) is 11.8 Å². The van der Waals surface area contributed by atoms with Crippen LogP contribution < -0.4 is 10.6 Å². The van der Waals surface area contributed by atoms with E-state index in [1.165, 1.54) is 13.1 Å². The zero-order chi connectivity index (χ0) is 18.3. The summed E-state index contributed by atoms with van der Waals surface area (Å²) in [4.78, 5) is 24.9. The quantitative estimate of drug-likeness (QED) is 0.862. The lowest BCUT2D eigenvalue weighted by molar-refractivity contribution is 0.0919. The Morgan fingerprint density at radius 1 is 1.12 bits per heavy atom. The molecule has 1 aromatic carbocycles. The molecule has 2 amide bonds. The first kappa shape index (κ1) is 16.8. The van der Waals surface area contributed by atoms with Crippen LogP contribution >= 0.6 is 0 Å². The zero-order valence-corrected chi connectivity index (χ0v) is 14.8. The summed E-state index contributed by atoms with van der Waals surface area (Å²) in [5.74, 6) is 0.809. The van der Waals surface area contributed by atoms with E-state index in [1.54, 1.807) is 0 Å². The number of carbonyl (C=O) groups is 2. The SMILES string of the molecule is CNC(=O)c1cc(C(=O)N[C@H]2[C@@H]3COC[C@@H]32)c([C@@H](C)c2ccccc2)o1. The van der Waals surface area contributed by atoms with Crippen LogP contribution in [-0.2, 0) is 4.74 Å². The molecule has 6 nitrogen and oxygen atoms in total. The number of amides is 2. The van der Waals surface area contributed by atoms with Gasteiger partial charge in [-0.3, -0.25) is 9.59 Å². The molecule has 2 aromatic rings. The van der Waals surface area contributed by atoms with Crippen molar-refractivity contribution in [3.8, 4) is 0 Å². The molecule has 1 aliphatic heterocycles. The molecule has 4 rings (SSSR count). The summed E-state index contributed by atoms with van der Waals surface area (Å²) in [6, 6.07) is 11.5. The number of nitrogens with one attached hydrogen (secondary N) is 2. The molecular weight excluding hydrogens is 332 g/mol. The van der Waals surface area contributed by atoms with E-state index < -0.39 is 0 Å². The van der Waals surface area contributed by atoms with E-state index in [0.29, 0.717) is 36.4 Å². The van der Waals surface area contributed by atoms with Crippen LogP contribution in [0.4, 0.5) is 0 Å². The highest BCUT2D eigenvalue weighted by atomic mass is 16.5. The summed E-state index contributed by atoms with van der Waals surface area (Å²) < 4.78 is 11.2. The average molecular weight is 354 g/mol. The highest BCUT2D eigenvalue weighted by molar-refractivity contribution is 5.99. The number of hydrogen-bond donors (Lipinski definition) is 2. The van der Waals surface area contributed by atoms with Gasteiger partial charge in [-0.05, 0) is 5.56 Å². The third-order valence-electron chi connectivity index (χ3n) is 5.40. The Kier molecular flexibility index (Phi) is 4.28. The molecule has 0 radical (unpaired) electrons. The number of hydrogen-bond acceptors (Lipinski definition) is 4. The Morgan fingerprint density at radius 3 is 2.46 bits per heavy atom. The molecule has 1 aliphatic carbocycles. The van der Waals surface area contributed by atoms with Crippen LogP contribution in [0.25, 0.3) is 0 Å². The first-order valence-electron chi connectivity index (χ1n) is 8.89. The van der Waals surface area contributed by atoms with Crippen LogP contribution in [0.5, 0.6) is 0 Å². The first-order valence-corrected chi connectivity index (χ1v) is 8.89. The van der Waals surface area contributed by atoms with Crippen LogP contribution in [0.2, 0.25) is 0 Å². The molecule has 1 aromatic heterocycles. The van der Waals surface area contributed by atoms with Gasteiger partial charge in [0.15, 0.2) is 5.76 Å². The topological polar surface area (TPSA) is 80.6 Å². The molecule has 26 heavy (non-hydrogen) atoms. The summed E-state index contributed by atoms with van der Waals surface area (Å²) in [6.45, 7) is 3.38. The van der Waals surface area contributed by atoms with Gasteiger partial charge in [-0.2, -0.15) is 0 Å². The van der Waals surface area contributed by atoms with Gasteiger partial charge >= 0.3 is 0 Å². The number of ether oxygens (including phenoxy) is 1. The predicted molar refractivity (Wildman–Crippen MR) is 95.1 cm³/mol. The highest BCUT2D eigenvalue weighted by Crippen LogP contribution is 2.44. The number of fused-ring (bicyclic) bond motifs is 1. The van der Waals surface area contributed by atoms with Crippen molar-refractivity contribution in [2.45, 2.75) is 18.9 Å². The van der Waals surface area contributed by atoms with Crippen molar-refractivity contribution in [1.29, 1.82) is 0 Å². The van der Waals surface area contributed by atoms with Gasteiger partial charge in [-0.15, -0.1) is 0 Å². The Morgan fingerprint density at radius 2 is 1.81 bits per heavy atom. The number of benzene rings is 1. The Hall–Kier alpha value is -2.60. The third-order valence-corrected chi connectivity index (χ3v) is 5.40. The molecule has 0 unspecified atom stereocenters. The lowest BCUT2D eigenvalue weighted by atomic mass is 9.96. The fraction of sp³-hybridized carbons (Fsp3) is 0.400. The maximum atomic E-state index is 12.9. The molecule has 2 aliphatic rings. The summed E-state index contributed by atoms with van der Waals surface area (Å²) in [5, 5.41) is 5.62. The summed E-state index contributed by atoms with van der Waals surface area (Å²) >= 11 is 0. The molecule has 2 N–H and O–H groups in total. The third kappa shape index (κ3) is 2.90. The zero-order valence-electron chi connectivity index (χ0n) is 14.8. The van der Waals surface area contributed by atoms with E-state index in [9.17, 15) is 9.59 Å². The van der Waals surface area contributed by atoms with E-state index in [4.69, 9.17) is 9.15 Å². The molecule has 1 saturated carbocycles. The minimum atomic E-state index is -0.345. The van der Waals surface area contributed by atoms with Gasteiger partial charge in [0.05, 0.1) is 18.8 Å². The smallest absolute Gasteiger partial charge is 0.286 e. The molecule has 136 valence electrons. The van der Waals surface area contributed by atoms with Crippen LogP contribution in [-0.4, -0.2) is 38.1 Å². The van der Waals surface area contributed by atoms with Gasteiger partial charge < -0.3 is 19.8 Å². The highest BCUT2D eigenvalue weighted by Gasteiger charge is 2.55. The van der Waals surface area contributed by atoms with Gasteiger partial charge in [-0.1, -0.05) is 37.3 Å². The number of carbonyl (C=O) groups excluding carboxylic acids is 2. The van der Waals surface area contributed by atoms with E-state index in [2.05, 4.69) is 10.6 Å². The van der Waals surface area contributed by atoms with Crippen molar-refractivity contribution in [1.82, 2.24) is 10.6 Å². The van der Waals surface area contributed by atoms with Crippen molar-refractivity contribution < 1.29 is 18.7 Å². The predicted octanol–water partition coefficient (Wildman–Crippen LogP) is 2.17. The van der Waals surface area contributed by atoms with Crippen LogP contribution in [0.3, 0.4) is 0 Å². The number of furan rings is 1. The summed E-state index contributed by atoms with van der Waals surface area (Å²) in [5.41, 5.74) is 1.45. The molecule has 2 heterocycles. The van der Waals surface area contributed by atoms with Crippen molar-refractivity contribution >= 4 is 11.8 Å². The second-order valence-corrected chi connectivity index (χ2v) is 6.96. The van der Waals surface area contributed by atoms with Crippen molar-refractivity contribution in [2.24, 2.45) is 11.8 Å². The molecule has 1 saturated heterocycles. The lowest BCUT2D eigenvalue weighted by Crippen LogP contribution is -2.30. The van der Waals surface area contributed by atoms with Gasteiger partial charge in [0, 0.05) is 36.9 Å². The van der Waals surface area contributed by atoms with Crippen molar-refractivity contribution in [3.05, 3.63) is 59.0 Å². The maximum Gasteiger partial charge on any atom is 0.286 e. The molecule has 2 fully saturated rings. The van der Waals surface area contributed by atoms with Crippen LogP contribution in [0.1, 0.15) is 45.1 Å². The molecule has 0 bridgehead atoms. The molecule has 0 spiro atoms. The largest absolute Gasteiger partial charge is 0.454 e. The van der Waals surface area contributed by atoms with Gasteiger partial charge in [0.25, 0.3) is 11.8 Å². The maximum absolute atomic E-state index is 12.9.